The Labute approximate surface area is 71.2 Å². The molecule has 0 amide bonds. The van der Waals surface area contributed by atoms with Crippen molar-refractivity contribution in [3.8, 4) is 0 Å². The largest absolute Gasteiger partial charge is 0.393 e. The number of aliphatic hydroxyl groups is 1. The molecule has 2 unspecified atom stereocenters. The fraction of sp³-hybridized carbons (Fsp3) is 0.750. The Morgan fingerprint density at radius 2 is 2.00 bits per heavy atom. The summed E-state index contributed by atoms with van der Waals surface area (Å²) in [6, 6.07) is 0.406. The average molecular weight is 167 g/mol. The van der Waals surface area contributed by atoms with Gasteiger partial charge >= 0.3 is 0 Å². The molecule has 1 N–H and O–H groups in total. The summed E-state index contributed by atoms with van der Waals surface area (Å²) in [5.74, 6) is 0. The van der Waals surface area contributed by atoms with Gasteiger partial charge in [-0.05, 0) is 25.7 Å². The molecule has 4 nitrogen and oxygen atoms in total. The maximum absolute atomic E-state index is 9.42. The molecule has 0 bridgehead atoms. The molecular formula is C8H13N3O. The normalized spacial score (nSPS) is 30.4. The Kier molecular flexibility index (Phi) is 2.08. The van der Waals surface area contributed by atoms with Crippen LogP contribution in [0.25, 0.3) is 0 Å². The van der Waals surface area contributed by atoms with Gasteiger partial charge in [-0.15, -0.1) is 10.2 Å². The number of aromatic nitrogens is 3. The molecule has 1 fully saturated rings. The Hall–Kier alpha value is -0.900. The van der Waals surface area contributed by atoms with E-state index >= 15 is 0 Å². The van der Waals surface area contributed by atoms with E-state index in [4.69, 9.17) is 0 Å². The van der Waals surface area contributed by atoms with Crippen molar-refractivity contribution in [1.82, 2.24) is 14.8 Å². The minimum absolute atomic E-state index is 0.133. The molecular weight excluding hydrogens is 154 g/mol. The van der Waals surface area contributed by atoms with Crippen molar-refractivity contribution in [2.45, 2.75) is 37.8 Å². The average Bonchev–Trinajstić information content (AvgIpc) is 2.56. The minimum atomic E-state index is -0.133. The van der Waals surface area contributed by atoms with Crippen LogP contribution < -0.4 is 0 Å². The van der Waals surface area contributed by atoms with Crippen LogP contribution in [0.2, 0.25) is 0 Å². The van der Waals surface area contributed by atoms with Crippen molar-refractivity contribution < 1.29 is 5.11 Å². The van der Waals surface area contributed by atoms with Crippen molar-refractivity contribution in [1.29, 1.82) is 0 Å². The molecule has 0 aromatic carbocycles. The zero-order valence-corrected chi connectivity index (χ0v) is 6.93. The number of aliphatic hydroxyl groups excluding tert-OH is 1. The first-order valence-corrected chi connectivity index (χ1v) is 4.38. The highest BCUT2D eigenvalue weighted by atomic mass is 16.3. The van der Waals surface area contributed by atoms with Crippen LogP contribution in [-0.2, 0) is 0 Å². The molecule has 0 radical (unpaired) electrons. The van der Waals surface area contributed by atoms with Crippen LogP contribution in [0.5, 0.6) is 0 Å². The van der Waals surface area contributed by atoms with Gasteiger partial charge in [-0.2, -0.15) is 0 Å². The van der Waals surface area contributed by atoms with Gasteiger partial charge in [-0.3, -0.25) is 0 Å². The lowest BCUT2D eigenvalue weighted by Crippen LogP contribution is -2.21. The van der Waals surface area contributed by atoms with E-state index in [1.165, 1.54) is 0 Å². The van der Waals surface area contributed by atoms with Gasteiger partial charge in [-0.1, -0.05) is 0 Å². The lowest BCUT2D eigenvalue weighted by Gasteiger charge is -2.26. The van der Waals surface area contributed by atoms with Crippen LogP contribution in [-0.4, -0.2) is 26.0 Å². The molecule has 1 heterocycles. The van der Waals surface area contributed by atoms with Crippen molar-refractivity contribution in [3.05, 3.63) is 12.7 Å². The van der Waals surface area contributed by atoms with Crippen LogP contribution in [0.4, 0.5) is 0 Å². The molecule has 1 aromatic heterocycles. The summed E-state index contributed by atoms with van der Waals surface area (Å²) in [4.78, 5) is 0. The third-order valence-corrected chi connectivity index (χ3v) is 2.48. The fourth-order valence-electron chi connectivity index (χ4n) is 1.81. The number of hydrogen-bond acceptors (Lipinski definition) is 3. The lowest BCUT2D eigenvalue weighted by atomic mass is 9.93. The van der Waals surface area contributed by atoms with Gasteiger partial charge in [0.2, 0.25) is 0 Å². The van der Waals surface area contributed by atoms with Crippen molar-refractivity contribution in [2.24, 2.45) is 0 Å². The SMILES string of the molecule is OC1CCCC(n2cnnc2)C1. The second kappa shape index (κ2) is 3.23. The van der Waals surface area contributed by atoms with Crippen LogP contribution in [0, 0.1) is 0 Å². The van der Waals surface area contributed by atoms with Crippen LogP contribution >= 0.6 is 0 Å². The van der Waals surface area contributed by atoms with Crippen molar-refractivity contribution >= 4 is 0 Å². The second-order valence-corrected chi connectivity index (χ2v) is 3.38. The van der Waals surface area contributed by atoms with Gasteiger partial charge < -0.3 is 9.67 Å². The molecule has 2 atom stereocenters. The molecule has 4 heteroatoms. The van der Waals surface area contributed by atoms with Crippen molar-refractivity contribution in [3.63, 3.8) is 0 Å². The molecule has 1 aliphatic rings. The Morgan fingerprint density at radius 3 is 2.67 bits per heavy atom. The molecule has 1 saturated carbocycles. The molecule has 66 valence electrons. The van der Waals surface area contributed by atoms with Crippen molar-refractivity contribution in [2.75, 3.05) is 0 Å². The third-order valence-electron chi connectivity index (χ3n) is 2.48. The van der Waals surface area contributed by atoms with E-state index in [0.29, 0.717) is 6.04 Å². The summed E-state index contributed by atoms with van der Waals surface area (Å²) in [6.07, 6.45) is 7.34. The number of nitrogens with zero attached hydrogens (tertiary/aromatic N) is 3. The fourth-order valence-corrected chi connectivity index (χ4v) is 1.81. The van der Waals surface area contributed by atoms with Gasteiger partial charge in [0.05, 0.1) is 6.10 Å². The first-order valence-electron chi connectivity index (χ1n) is 4.38. The highest BCUT2D eigenvalue weighted by Gasteiger charge is 2.20. The predicted octanol–water partition coefficient (Wildman–Crippen LogP) is 0.754. The third kappa shape index (κ3) is 1.48. The standard InChI is InChI=1S/C8H13N3O/c12-8-3-1-2-7(4-8)11-5-9-10-6-11/h5-8,12H,1-4H2. The van der Waals surface area contributed by atoms with Gasteiger partial charge in [0, 0.05) is 6.04 Å². The maximum Gasteiger partial charge on any atom is 0.119 e. The molecule has 12 heavy (non-hydrogen) atoms. The summed E-state index contributed by atoms with van der Waals surface area (Å²) in [7, 11) is 0. The van der Waals surface area contributed by atoms with E-state index in [0.717, 1.165) is 25.7 Å². The van der Waals surface area contributed by atoms with Crippen LogP contribution in [0.3, 0.4) is 0 Å². The molecule has 0 spiro atoms. The summed E-state index contributed by atoms with van der Waals surface area (Å²) in [5.41, 5.74) is 0. The first kappa shape index (κ1) is 7.73. The van der Waals surface area contributed by atoms with E-state index in [1.54, 1.807) is 12.7 Å². The zero-order valence-electron chi connectivity index (χ0n) is 6.93. The highest BCUT2D eigenvalue weighted by molar-refractivity contribution is 4.79. The summed E-state index contributed by atoms with van der Waals surface area (Å²) in [5, 5.41) is 16.9. The zero-order chi connectivity index (χ0) is 8.39. The van der Waals surface area contributed by atoms with E-state index < -0.39 is 0 Å². The minimum Gasteiger partial charge on any atom is -0.393 e. The summed E-state index contributed by atoms with van der Waals surface area (Å²) in [6.45, 7) is 0. The highest BCUT2D eigenvalue weighted by Crippen LogP contribution is 2.27. The molecule has 1 aliphatic carbocycles. The Bertz CT molecular complexity index is 234. The van der Waals surface area contributed by atoms with Gasteiger partial charge in [0.15, 0.2) is 0 Å². The van der Waals surface area contributed by atoms with Gasteiger partial charge in [0.1, 0.15) is 12.7 Å². The summed E-state index contributed by atoms with van der Waals surface area (Å²) >= 11 is 0. The molecule has 2 rings (SSSR count). The summed E-state index contributed by atoms with van der Waals surface area (Å²) < 4.78 is 1.99. The predicted molar refractivity (Wildman–Crippen MR) is 43.5 cm³/mol. The van der Waals surface area contributed by atoms with E-state index in [2.05, 4.69) is 10.2 Å². The molecule has 1 aromatic rings. The molecule has 0 aliphatic heterocycles. The van der Waals surface area contributed by atoms with Gasteiger partial charge in [-0.25, -0.2) is 0 Å². The first-order chi connectivity index (χ1) is 5.86. The quantitative estimate of drug-likeness (QED) is 0.671. The van der Waals surface area contributed by atoms with Gasteiger partial charge in [0.25, 0.3) is 0 Å². The van der Waals surface area contributed by atoms with E-state index in [-0.39, 0.29) is 6.10 Å². The van der Waals surface area contributed by atoms with Crippen LogP contribution in [0.1, 0.15) is 31.7 Å². The van der Waals surface area contributed by atoms with Crippen LogP contribution in [0.15, 0.2) is 12.7 Å². The monoisotopic (exact) mass is 167 g/mol. The van der Waals surface area contributed by atoms with E-state index in [9.17, 15) is 5.11 Å². The van der Waals surface area contributed by atoms with E-state index in [1.807, 2.05) is 4.57 Å². The number of hydrogen-bond donors (Lipinski definition) is 1. The smallest absolute Gasteiger partial charge is 0.119 e. The topological polar surface area (TPSA) is 50.9 Å². The Morgan fingerprint density at radius 1 is 1.25 bits per heavy atom. The number of rotatable bonds is 1. The Balaban J connectivity index is 2.04. The lowest BCUT2D eigenvalue weighted by molar-refractivity contribution is 0.104. The maximum atomic E-state index is 9.42. The molecule has 0 saturated heterocycles. The second-order valence-electron chi connectivity index (χ2n) is 3.38.